The standard InChI is InChI=1S/C52H74N4O/c1-5-9-13-17-47-35-55-49(37-53-47)41-27-31-45(32-28-41)51(43-23-19-39(20-24-43)15-11-7-3)57-52(44-25-21-40(22-26-44)16-12-8-4)46-33-29-42(30-34-46)50-38-54-48(36-56-50)18-14-10-6-2/h27-40,43-44,51-52H,5-26H2,1-4H3/t39-,40-,43-,44-,51?,52?. The van der Waals surface area contributed by atoms with Gasteiger partial charge >= 0.3 is 0 Å². The predicted octanol–water partition coefficient (Wildman–Crippen LogP) is 14.9. The molecule has 2 aliphatic rings. The van der Waals surface area contributed by atoms with Crippen LogP contribution >= 0.6 is 0 Å². The summed E-state index contributed by atoms with van der Waals surface area (Å²) in [6, 6.07) is 18.4. The molecule has 2 aromatic carbocycles. The number of ether oxygens (including phenoxy) is 1. The molecule has 0 saturated heterocycles. The largest absolute Gasteiger partial charge is 0.365 e. The number of hydrogen-bond donors (Lipinski definition) is 0. The normalized spacial score (nSPS) is 21.0. The van der Waals surface area contributed by atoms with E-state index in [1.165, 1.54) is 140 Å². The van der Waals surface area contributed by atoms with Crippen LogP contribution in [0.25, 0.3) is 22.5 Å². The molecule has 2 heterocycles. The molecule has 2 saturated carbocycles. The number of benzene rings is 2. The molecule has 5 heteroatoms. The third-order valence-electron chi connectivity index (χ3n) is 13.4. The number of aryl methyl sites for hydroxylation is 2. The van der Waals surface area contributed by atoms with E-state index in [-0.39, 0.29) is 12.2 Å². The molecule has 0 radical (unpaired) electrons. The lowest BCUT2D eigenvalue weighted by atomic mass is 9.74. The van der Waals surface area contributed by atoms with Crippen LogP contribution in [0.15, 0.2) is 73.3 Å². The summed E-state index contributed by atoms with van der Waals surface area (Å²) in [5, 5.41) is 0. The average molecular weight is 771 g/mol. The molecule has 2 aliphatic carbocycles. The topological polar surface area (TPSA) is 60.8 Å². The molecule has 6 rings (SSSR count). The summed E-state index contributed by atoms with van der Waals surface area (Å²) in [7, 11) is 0. The molecule has 0 N–H and O–H groups in total. The summed E-state index contributed by atoms with van der Waals surface area (Å²) < 4.78 is 7.69. The zero-order chi connectivity index (χ0) is 39.7. The van der Waals surface area contributed by atoms with Crippen molar-refractivity contribution in [1.82, 2.24) is 19.9 Å². The molecule has 57 heavy (non-hydrogen) atoms. The maximum absolute atomic E-state index is 7.69. The van der Waals surface area contributed by atoms with Gasteiger partial charge in [-0.15, -0.1) is 0 Å². The van der Waals surface area contributed by atoms with Crippen LogP contribution in [-0.2, 0) is 17.6 Å². The van der Waals surface area contributed by atoms with Crippen molar-refractivity contribution in [2.24, 2.45) is 23.7 Å². The van der Waals surface area contributed by atoms with Crippen LogP contribution in [0.1, 0.15) is 191 Å². The predicted molar refractivity (Wildman–Crippen MR) is 238 cm³/mol. The van der Waals surface area contributed by atoms with Gasteiger partial charge in [0.2, 0.25) is 0 Å². The number of rotatable bonds is 22. The van der Waals surface area contributed by atoms with E-state index in [1.807, 2.05) is 24.8 Å². The van der Waals surface area contributed by atoms with E-state index in [0.717, 1.165) is 58.6 Å². The van der Waals surface area contributed by atoms with Crippen LogP contribution in [0.5, 0.6) is 0 Å². The van der Waals surface area contributed by atoms with Crippen molar-refractivity contribution in [2.45, 2.75) is 181 Å². The van der Waals surface area contributed by atoms with Gasteiger partial charge in [0, 0.05) is 23.5 Å². The summed E-state index contributed by atoms with van der Waals surface area (Å²) in [5.41, 5.74) is 8.96. The molecule has 0 spiro atoms. The minimum absolute atomic E-state index is 0.0619. The van der Waals surface area contributed by atoms with Crippen molar-refractivity contribution in [2.75, 3.05) is 0 Å². The van der Waals surface area contributed by atoms with E-state index in [1.54, 1.807) is 0 Å². The van der Waals surface area contributed by atoms with Gasteiger partial charge in [-0.25, -0.2) is 0 Å². The average Bonchev–Trinajstić information content (AvgIpc) is 3.27. The fourth-order valence-electron chi connectivity index (χ4n) is 9.69. The summed E-state index contributed by atoms with van der Waals surface area (Å²) in [6.45, 7) is 9.15. The van der Waals surface area contributed by atoms with Gasteiger partial charge < -0.3 is 4.74 Å². The molecule has 0 bridgehead atoms. The summed E-state index contributed by atoms with van der Waals surface area (Å²) in [4.78, 5) is 19.3. The maximum Gasteiger partial charge on any atom is 0.0885 e. The van der Waals surface area contributed by atoms with Gasteiger partial charge in [0.15, 0.2) is 0 Å². The third kappa shape index (κ3) is 12.8. The molecule has 0 aliphatic heterocycles. The maximum atomic E-state index is 7.69. The molecular formula is C52H74N4O. The minimum atomic E-state index is 0.0619. The van der Waals surface area contributed by atoms with Gasteiger partial charge in [0.1, 0.15) is 0 Å². The van der Waals surface area contributed by atoms with Crippen molar-refractivity contribution in [3.8, 4) is 22.5 Å². The Bertz CT molecular complexity index is 1540. The second kappa shape index (κ2) is 23.2. The Hall–Kier alpha value is -3.44. The lowest BCUT2D eigenvalue weighted by molar-refractivity contribution is -0.0907. The van der Waals surface area contributed by atoms with Gasteiger partial charge in [-0.05, 0) is 86.2 Å². The van der Waals surface area contributed by atoms with Crippen molar-refractivity contribution < 1.29 is 4.74 Å². The minimum Gasteiger partial charge on any atom is -0.365 e. The van der Waals surface area contributed by atoms with Crippen LogP contribution in [-0.4, -0.2) is 19.9 Å². The van der Waals surface area contributed by atoms with Crippen molar-refractivity contribution in [3.63, 3.8) is 0 Å². The Balaban J connectivity index is 1.25. The first kappa shape index (κ1) is 43.1. The lowest BCUT2D eigenvalue weighted by Gasteiger charge is -2.40. The van der Waals surface area contributed by atoms with E-state index in [4.69, 9.17) is 24.7 Å². The van der Waals surface area contributed by atoms with Crippen LogP contribution < -0.4 is 0 Å². The van der Waals surface area contributed by atoms with Crippen molar-refractivity contribution in [3.05, 3.63) is 95.8 Å². The first-order valence-electron chi connectivity index (χ1n) is 23.6. The third-order valence-corrected chi connectivity index (χ3v) is 13.4. The molecule has 2 fully saturated rings. The highest BCUT2D eigenvalue weighted by Crippen LogP contribution is 2.47. The second-order valence-corrected chi connectivity index (χ2v) is 17.8. The Labute approximate surface area is 346 Å². The van der Waals surface area contributed by atoms with E-state index >= 15 is 0 Å². The second-order valence-electron chi connectivity index (χ2n) is 17.8. The fourth-order valence-corrected chi connectivity index (χ4v) is 9.69. The first-order chi connectivity index (χ1) is 28.1. The van der Waals surface area contributed by atoms with Crippen LogP contribution in [0.3, 0.4) is 0 Å². The quantitative estimate of drug-likeness (QED) is 0.0745. The first-order valence-corrected chi connectivity index (χ1v) is 23.6. The number of nitrogens with zero attached hydrogens (tertiary/aromatic N) is 4. The molecule has 308 valence electrons. The van der Waals surface area contributed by atoms with E-state index in [0.29, 0.717) is 11.8 Å². The van der Waals surface area contributed by atoms with Gasteiger partial charge in [0.05, 0.1) is 47.4 Å². The van der Waals surface area contributed by atoms with Gasteiger partial charge in [-0.1, -0.05) is 166 Å². The molecule has 2 unspecified atom stereocenters. The number of hydrogen-bond acceptors (Lipinski definition) is 5. The molecule has 4 aromatic rings. The van der Waals surface area contributed by atoms with Gasteiger partial charge in [-0.2, -0.15) is 0 Å². The monoisotopic (exact) mass is 771 g/mol. The van der Waals surface area contributed by atoms with E-state index < -0.39 is 0 Å². The SMILES string of the molecule is CCCCCc1cnc(-c2ccc(C(OC(c3ccc(-c4cnc(CCCCC)cn4)cc3)[C@H]3CC[C@H](CCCC)CC3)[C@H]3CC[C@H](CCCC)CC3)cc2)cn1. The molecule has 5 nitrogen and oxygen atoms in total. The smallest absolute Gasteiger partial charge is 0.0885 e. The van der Waals surface area contributed by atoms with Crippen molar-refractivity contribution in [1.29, 1.82) is 0 Å². The highest BCUT2D eigenvalue weighted by molar-refractivity contribution is 5.59. The van der Waals surface area contributed by atoms with Crippen LogP contribution in [0.4, 0.5) is 0 Å². The Morgan fingerprint density at radius 3 is 1.18 bits per heavy atom. The highest BCUT2D eigenvalue weighted by Gasteiger charge is 2.36. The highest BCUT2D eigenvalue weighted by atomic mass is 16.5. The molecule has 2 aromatic heterocycles. The Morgan fingerprint density at radius 1 is 0.456 bits per heavy atom. The Kier molecular flexibility index (Phi) is 17.6. The van der Waals surface area contributed by atoms with E-state index in [9.17, 15) is 0 Å². The molecular weight excluding hydrogens is 697 g/mol. The van der Waals surface area contributed by atoms with Crippen molar-refractivity contribution >= 4 is 0 Å². The van der Waals surface area contributed by atoms with Crippen LogP contribution in [0.2, 0.25) is 0 Å². The summed E-state index contributed by atoms with van der Waals surface area (Å²) in [6.07, 6.45) is 35.6. The fraction of sp³-hybridized carbons (Fsp3) is 0.615. The summed E-state index contributed by atoms with van der Waals surface area (Å²) in [5.74, 6) is 2.76. The Morgan fingerprint density at radius 2 is 0.842 bits per heavy atom. The molecule has 0 amide bonds. The van der Waals surface area contributed by atoms with Crippen LogP contribution in [0, 0.1) is 23.7 Å². The molecule has 2 atom stereocenters. The number of unbranched alkanes of at least 4 members (excludes halogenated alkanes) is 6. The zero-order valence-corrected chi connectivity index (χ0v) is 36.1. The number of aromatic nitrogens is 4. The van der Waals surface area contributed by atoms with Gasteiger partial charge in [0.25, 0.3) is 0 Å². The summed E-state index contributed by atoms with van der Waals surface area (Å²) >= 11 is 0. The van der Waals surface area contributed by atoms with Gasteiger partial charge in [-0.3, -0.25) is 19.9 Å². The lowest BCUT2D eigenvalue weighted by Crippen LogP contribution is -2.28. The zero-order valence-electron chi connectivity index (χ0n) is 36.1. The van der Waals surface area contributed by atoms with E-state index in [2.05, 4.69) is 76.2 Å².